The number of rotatable bonds is 14. The highest BCUT2D eigenvalue weighted by Crippen LogP contribution is 2.52. The number of ether oxygens (including phenoxy) is 7. The average Bonchev–Trinajstić information content (AvgIpc) is 4.04. The van der Waals surface area contributed by atoms with Crippen LogP contribution in [-0.4, -0.2) is 123 Å². The first-order valence-corrected chi connectivity index (χ1v) is 24.0. The van der Waals surface area contributed by atoms with Crippen molar-refractivity contribution in [2.75, 3.05) is 45.1 Å². The molecule has 0 radical (unpaired) electrons. The zero-order chi connectivity index (χ0) is 50.6. The molecule has 20 heteroatoms. The zero-order valence-corrected chi connectivity index (χ0v) is 40.3. The molecule has 7 atom stereocenters. The van der Waals surface area contributed by atoms with E-state index in [0.29, 0.717) is 31.9 Å². The second-order valence-electron chi connectivity index (χ2n) is 17.6. The van der Waals surface area contributed by atoms with Crippen LogP contribution in [0.4, 0.5) is 10.5 Å². The maximum Gasteiger partial charge on any atom is 0.411 e. The monoisotopic (exact) mass is 996 g/mol. The molecule has 376 valence electrons. The molecule has 1 amide bonds. The average molecular weight is 997 g/mol. The smallest absolute Gasteiger partial charge is 0.411 e. The Balaban J connectivity index is 0.000000192. The minimum absolute atomic E-state index is 0.0274. The molecule has 2 saturated heterocycles. The summed E-state index contributed by atoms with van der Waals surface area (Å²) in [4.78, 5) is 56.5. The number of nitrogens with one attached hydrogen (secondary N) is 1. The molecule has 7 N–H and O–H groups in total. The number of phenolic OH excluding ortho intramolecular Hbond substituents is 2. The molecule has 19 nitrogen and oxygen atoms in total. The first kappa shape index (κ1) is 51.0. The summed E-state index contributed by atoms with van der Waals surface area (Å²) in [6, 6.07) is 19.6. The van der Waals surface area contributed by atoms with Crippen molar-refractivity contribution >= 4 is 40.9 Å². The van der Waals surface area contributed by atoms with Crippen LogP contribution < -0.4 is 20.5 Å². The Hall–Kier alpha value is -6.36. The Labute approximate surface area is 413 Å². The van der Waals surface area contributed by atoms with Crippen molar-refractivity contribution in [2.24, 2.45) is 5.73 Å². The third kappa shape index (κ3) is 10.7. The largest absolute Gasteiger partial charge is 0.507 e. The molecule has 0 bridgehead atoms. The van der Waals surface area contributed by atoms with Gasteiger partial charge in [-0.15, -0.1) is 11.8 Å². The summed E-state index contributed by atoms with van der Waals surface area (Å²) < 4.78 is 42.1. The summed E-state index contributed by atoms with van der Waals surface area (Å²) in [6.07, 6.45) is 2.40. The topological polar surface area (TPSA) is 270 Å². The number of Topliss-reactive ketones (excluding diaryl/α,β-unsaturated/α-hetero) is 1. The van der Waals surface area contributed by atoms with Gasteiger partial charge in [0.1, 0.15) is 35.2 Å². The van der Waals surface area contributed by atoms with Crippen LogP contribution in [-0.2, 0) is 47.2 Å². The number of methoxy groups -OCH3 is 2. The highest BCUT2D eigenvalue weighted by molar-refractivity contribution is 7.99. The number of imidazole rings is 1. The summed E-state index contributed by atoms with van der Waals surface area (Å²) >= 11 is 1.68. The number of aromatic nitrogens is 2. The summed E-state index contributed by atoms with van der Waals surface area (Å²) in [6.45, 7) is 3.91. The highest BCUT2D eigenvalue weighted by atomic mass is 32.2. The fourth-order valence-electron chi connectivity index (χ4n) is 9.35. The van der Waals surface area contributed by atoms with Gasteiger partial charge in [0.05, 0.1) is 75.3 Å². The number of ketones is 3. The Morgan fingerprint density at radius 3 is 2.38 bits per heavy atom. The van der Waals surface area contributed by atoms with Gasteiger partial charge in [-0.2, -0.15) is 0 Å². The quantitative estimate of drug-likeness (QED) is 0.0577. The summed E-state index contributed by atoms with van der Waals surface area (Å²) in [5.74, 6) is -2.94. The van der Waals surface area contributed by atoms with Crippen LogP contribution in [0.2, 0.25) is 0 Å². The highest BCUT2D eigenvalue weighted by Gasteiger charge is 2.50. The molecule has 71 heavy (non-hydrogen) atoms. The van der Waals surface area contributed by atoms with Gasteiger partial charge in [0.2, 0.25) is 11.6 Å². The maximum absolute atomic E-state index is 13.6. The molecule has 2 aliphatic heterocycles. The Bertz CT molecular complexity index is 2750. The number of fused-ring (bicyclic) bond motifs is 3. The van der Waals surface area contributed by atoms with E-state index in [1.807, 2.05) is 66.2 Å². The van der Waals surface area contributed by atoms with E-state index in [9.17, 15) is 39.6 Å². The van der Waals surface area contributed by atoms with E-state index in [0.717, 1.165) is 22.0 Å². The lowest BCUT2D eigenvalue weighted by atomic mass is 9.72. The predicted octanol–water partition coefficient (Wildman–Crippen LogP) is 5.55. The Kier molecular flexibility index (Phi) is 15.5. The number of thioether (sulfide) groups is 1. The van der Waals surface area contributed by atoms with Crippen LogP contribution in [0.1, 0.15) is 87.7 Å². The van der Waals surface area contributed by atoms with Crippen LogP contribution in [0.15, 0.2) is 90.3 Å². The van der Waals surface area contributed by atoms with E-state index in [2.05, 4.69) is 10.3 Å². The molecule has 4 aromatic carbocycles. The molecule has 2 aliphatic carbocycles. The van der Waals surface area contributed by atoms with Crippen molar-refractivity contribution in [1.82, 2.24) is 9.55 Å². The summed E-state index contributed by atoms with van der Waals surface area (Å²) in [5.41, 5.74) is 4.40. The third-order valence-corrected chi connectivity index (χ3v) is 13.9. The van der Waals surface area contributed by atoms with Crippen LogP contribution in [0.3, 0.4) is 0 Å². The lowest BCUT2D eigenvalue weighted by Crippen LogP contribution is -2.48. The molecule has 1 aromatic heterocycles. The number of amides is 1. The number of nitrogens with zero attached hydrogens (tertiary/aromatic N) is 2. The van der Waals surface area contributed by atoms with Crippen molar-refractivity contribution in [3.63, 3.8) is 0 Å². The standard InChI is InChI=1S/C27H29NO10.C24H27N3O5S/c1-11-6-12(28)7-18(37-11)38-16-9-27(35,17(30)10-29)8-14-20(16)26(34)22-21(24(14)32)23(31)13-4-3-5-15(36-2)19(13)25(22)33;1-3-30-23(28)26-19-6-10-22(11-7-19)33-15-21-14-31-24(32-21,16-27-13-12-25-17-27)18-4-8-20(29-2)9-5-18/h3-5,11-12,16,18,29,32,34-35H,6-10,28H2,1-2H3;4-13,17,21H,3,14-16H2,1-2H3,(H,26,28)/t;21-,24+/m.1/s1. The van der Waals surface area contributed by atoms with E-state index in [1.165, 1.54) is 25.3 Å². The molecule has 0 saturated carbocycles. The first-order valence-electron chi connectivity index (χ1n) is 23.0. The molecule has 5 aromatic rings. The number of aliphatic hydroxyl groups is 2. The van der Waals surface area contributed by atoms with Gasteiger partial charge in [-0.1, -0.05) is 12.1 Å². The number of hydrogen-bond donors (Lipinski definition) is 6. The van der Waals surface area contributed by atoms with Crippen LogP contribution in [0, 0.1) is 0 Å². The molecule has 0 spiro atoms. The van der Waals surface area contributed by atoms with Gasteiger partial charge in [0.15, 0.2) is 17.9 Å². The lowest BCUT2D eigenvalue weighted by Gasteiger charge is -2.41. The fraction of sp³-hybridized carbons (Fsp3) is 0.392. The second-order valence-corrected chi connectivity index (χ2v) is 18.6. The molecule has 5 unspecified atom stereocenters. The van der Waals surface area contributed by atoms with Crippen LogP contribution in [0.25, 0.3) is 0 Å². The van der Waals surface area contributed by atoms with E-state index in [1.54, 1.807) is 38.3 Å². The molecular weight excluding hydrogens is 941 g/mol. The maximum atomic E-state index is 13.6. The number of carbonyl (C=O) groups is 4. The minimum Gasteiger partial charge on any atom is -0.507 e. The number of phenols is 2. The van der Waals surface area contributed by atoms with E-state index < -0.39 is 89.3 Å². The molecule has 2 fully saturated rings. The second kappa shape index (κ2) is 21.6. The van der Waals surface area contributed by atoms with E-state index in [-0.39, 0.29) is 52.7 Å². The van der Waals surface area contributed by atoms with E-state index in [4.69, 9.17) is 38.9 Å². The van der Waals surface area contributed by atoms with Crippen molar-refractivity contribution in [2.45, 2.75) is 93.0 Å². The number of anilines is 1. The first-order chi connectivity index (χ1) is 34.1. The molecule has 9 rings (SSSR count). The molecule has 3 heterocycles. The predicted molar refractivity (Wildman–Crippen MR) is 256 cm³/mol. The fourth-order valence-corrected chi connectivity index (χ4v) is 10.2. The number of carbonyl (C=O) groups excluding carboxylic acids is 4. The number of benzene rings is 4. The number of hydrogen-bond acceptors (Lipinski definition) is 18. The van der Waals surface area contributed by atoms with Crippen LogP contribution in [0.5, 0.6) is 23.0 Å². The van der Waals surface area contributed by atoms with Gasteiger partial charge < -0.3 is 63.9 Å². The summed E-state index contributed by atoms with van der Waals surface area (Å²) in [7, 11) is 2.98. The van der Waals surface area contributed by atoms with Crippen LogP contribution >= 0.6 is 11.8 Å². The van der Waals surface area contributed by atoms with Crippen molar-refractivity contribution < 1.29 is 72.8 Å². The number of aliphatic hydroxyl groups excluding tert-OH is 1. The normalized spacial score (nSPS) is 24.4. The molecular formula is C51H56N4O15S. The SMILES string of the molecule is CCOC(=O)Nc1ccc(SC[C@H]2CO[C@](Cn3ccnc3)(c3ccc(OC)cc3)O2)cc1.COc1cccc2c1C(=O)c1c(O)c3c(c(O)c1C2=O)CC(O)(C(=O)CO)CC3OC1CC(N)CC(C)O1. The van der Waals surface area contributed by atoms with Gasteiger partial charge in [0.25, 0.3) is 0 Å². The Morgan fingerprint density at radius 1 is 0.972 bits per heavy atom. The molecule has 4 aliphatic rings. The van der Waals surface area contributed by atoms with Gasteiger partial charge >= 0.3 is 6.09 Å². The van der Waals surface area contributed by atoms with Gasteiger partial charge in [-0.05, 0) is 74.9 Å². The van der Waals surface area contributed by atoms with Crippen molar-refractivity contribution in [3.8, 4) is 23.0 Å². The van der Waals surface area contributed by atoms with Crippen molar-refractivity contribution in [1.29, 1.82) is 0 Å². The minimum atomic E-state index is -2.18. The lowest BCUT2D eigenvalue weighted by molar-refractivity contribution is -0.225. The zero-order valence-electron chi connectivity index (χ0n) is 39.5. The van der Waals surface area contributed by atoms with Gasteiger partial charge in [-0.3, -0.25) is 19.7 Å². The third-order valence-electron chi connectivity index (χ3n) is 12.7. The Morgan fingerprint density at radius 2 is 1.72 bits per heavy atom. The number of nitrogens with two attached hydrogens (primary N) is 1. The van der Waals surface area contributed by atoms with Gasteiger partial charge in [-0.25, -0.2) is 9.78 Å². The van der Waals surface area contributed by atoms with Crippen molar-refractivity contribution in [3.05, 3.63) is 124 Å². The van der Waals surface area contributed by atoms with Gasteiger partial charge in [0, 0.05) is 76.3 Å². The van der Waals surface area contributed by atoms with E-state index >= 15 is 0 Å². The summed E-state index contributed by atoms with van der Waals surface area (Å²) in [5, 5.41) is 46.2. The number of aromatic hydroxyl groups is 2.